The summed E-state index contributed by atoms with van der Waals surface area (Å²) < 4.78 is 21.4. The molecule has 2 saturated heterocycles. The van der Waals surface area contributed by atoms with Gasteiger partial charge in [0.15, 0.2) is 0 Å². The van der Waals surface area contributed by atoms with E-state index in [0.29, 0.717) is 18.6 Å². The van der Waals surface area contributed by atoms with Gasteiger partial charge < -0.3 is 14.5 Å². The van der Waals surface area contributed by atoms with Crippen molar-refractivity contribution in [3.63, 3.8) is 0 Å². The van der Waals surface area contributed by atoms with Crippen molar-refractivity contribution in [1.29, 1.82) is 0 Å². The summed E-state index contributed by atoms with van der Waals surface area (Å²) in [6.07, 6.45) is 6.42. The van der Waals surface area contributed by atoms with Crippen molar-refractivity contribution in [2.75, 3.05) is 50.8 Å². The van der Waals surface area contributed by atoms with Crippen LogP contribution in [-0.4, -0.2) is 82.6 Å². The molecule has 2 aromatic heterocycles. The van der Waals surface area contributed by atoms with E-state index < -0.39 is 0 Å². The van der Waals surface area contributed by atoms with Crippen LogP contribution < -0.4 is 4.90 Å². The molecule has 1 saturated carbocycles. The number of pyridine rings is 1. The van der Waals surface area contributed by atoms with Crippen LogP contribution in [0.2, 0.25) is 0 Å². The second-order valence-corrected chi connectivity index (χ2v) is 10.8. The number of nitrogens with zero attached hydrogens (tertiary/aromatic N) is 6. The van der Waals surface area contributed by atoms with Crippen LogP contribution in [0.5, 0.6) is 0 Å². The minimum atomic E-state index is -0.310. The number of carbonyl (C=O) groups is 1. The summed E-state index contributed by atoms with van der Waals surface area (Å²) in [4.78, 5) is 23.2. The van der Waals surface area contributed by atoms with E-state index in [0.717, 1.165) is 69.3 Å². The summed E-state index contributed by atoms with van der Waals surface area (Å²) in [7, 11) is 0. The second-order valence-electron chi connectivity index (χ2n) is 10.8. The van der Waals surface area contributed by atoms with Crippen LogP contribution in [0.3, 0.4) is 0 Å². The maximum atomic E-state index is 14.3. The van der Waals surface area contributed by atoms with E-state index in [1.165, 1.54) is 19.0 Å². The number of anilines is 1. The number of aromatic nitrogens is 3. The van der Waals surface area contributed by atoms with Crippen molar-refractivity contribution >= 4 is 11.8 Å². The summed E-state index contributed by atoms with van der Waals surface area (Å²) in [5.74, 6) is 0.144. The molecule has 0 N–H and O–H groups in total. The molecule has 1 aliphatic carbocycles. The quantitative estimate of drug-likeness (QED) is 0.620. The standard InChI is InChI=1S/C26H37FN6O2/c1-4-35-25(34)32-17-26(18-32)7-5-21(14-26)30-9-11-31(12-10-30)23-13-20(27)15-28-24(23)22-6-8-29-33(22)16-19(2)3/h6,8,13,15,19,21H,4-5,7,9-12,14,16-18H2,1-3H3/t21-/m1/s1. The van der Waals surface area contributed by atoms with Crippen LogP contribution >= 0.6 is 0 Å². The Morgan fingerprint density at radius 1 is 1.26 bits per heavy atom. The predicted octanol–water partition coefficient (Wildman–Crippen LogP) is 3.87. The van der Waals surface area contributed by atoms with Crippen molar-refractivity contribution in [1.82, 2.24) is 24.6 Å². The van der Waals surface area contributed by atoms with Gasteiger partial charge in [-0.2, -0.15) is 5.10 Å². The van der Waals surface area contributed by atoms with E-state index in [-0.39, 0.29) is 17.3 Å². The highest BCUT2D eigenvalue weighted by Crippen LogP contribution is 2.47. The maximum absolute atomic E-state index is 14.3. The molecule has 0 bridgehead atoms. The molecule has 0 radical (unpaired) electrons. The van der Waals surface area contributed by atoms with Gasteiger partial charge in [-0.15, -0.1) is 0 Å². The van der Waals surface area contributed by atoms with Crippen molar-refractivity contribution in [3.8, 4) is 11.4 Å². The zero-order chi connectivity index (χ0) is 24.6. The molecule has 1 spiro atoms. The van der Waals surface area contributed by atoms with E-state index in [2.05, 4.69) is 33.7 Å². The van der Waals surface area contributed by atoms with Crippen LogP contribution in [-0.2, 0) is 11.3 Å². The Kier molecular flexibility index (Phi) is 6.70. The highest BCUT2D eigenvalue weighted by atomic mass is 19.1. The van der Waals surface area contributed by atoms with E-state index in [1.54, 1.807) is 12.3 Å². The number of likely N-dealkylation sites (tertiary alicyclic amines) is 1. The molecule has 0 aromatic carbocycles. The number of carbonyl (C=O) groups excluding carboxylic acids is 1. The van der Waals surface area contributed by atoms with Gasteiger partial charge in [-0.25, -0.2) is 14.2 Å². The van der Waals surface area contributed by atoms with E-state index >= 15 is 0 Å². The Labute approximate surface area is 207 Å². The number of halogens is 1. The lowest BCUT2D eigenvalue weighted by Crippen LogP contribution is -2.58. The zero-order valence-corrected chi connectivity index (χ0v) is 21.1. The maximum Gasteiger partial charge on any atom is 0.409 e. The molecule has 3 aliphatic rings. The van der Waals surface area contributed by atoms with Crippen LogP contribution in [0.25, 0.3) is 11.4 Å². The molecule has 1 amide bonds. The molecule has 0 unspecified atom stereocenters. The van der Waals surface area contributed by atoms with Gasteiger partial charge in [-0.1, -0.05) is 13.8 Å². The number of ether oxygens (including phenoxy) is 1. The van der Waals surface area contributed by atoms with Crippen LogP contribution in [0, 0.1) is 17.2 Å². The monoisotopic (exact) mass is 484 g/mol. The first-order chi connectivity index (χ1) is 16.9. The van der Waals surface area contributed by atoms with Crippen LogP contribution in [0.1, 0.15) is 40.0 Å². The first-order valence-corrected chi connectivity index (χ1v) is 13.0. The second kappa shape index (κ2) is 9.76. The third kappa shape index (κ3) is 4.87. The normalized spacial score (nSPS) is 22.1. The van der Waals surface area contributed by atoms with Gasteiger partial charge in [0.1, 0.15) is 11.5 Å². The van der Waals surface area contributed by atoms with E-state index in [4.69, 9.17) is 4.74 Å². The summed E-state index contributed by atoms with van der Waals surface area (Å²) in [6.45, 7) is 12.6. The highest BCUT2D eigenvalue weighted by Gasteiger charge is 2.51. The Morgan fingerprint density at radius 3 is 2.74 bits per heavy atom. The van der Waals surface area contributed by atoms with Gasteiger partial charge in [0.05, 0.1) is 24.2 Å². The fraction of sp³-hybridized carbons (Fsp3) is 0.654. The van der Waals surface area contributed by atoms with Crippen molar-refractivity contribution in [2.24, 2.45) is 11.3 Å². The first kappa shape index (κ1) is 24.0. The lowest BCUT2D eigenvalue weighted by Gasteiger charge is -2.48. The van der Waals surface area contributed by atoms with Crippen LogP contribution in [0.15, 0.2) is 24.5 Å². The molecule has 1 atom stereocenters. The van der Waals surface area contributed by atoms with E-state index in [1.807, 2.05) is 22.6 Å². The Balaban J connectivity index is 1.22. The lowest BCUT2D eigenvalue weighted by molar-refractivity contribution is -0.00294. The molecular weight excluding hydrogens is 447 g/mol. The number of hydrogen-bond donors (Lipinski definition) is 0. The predicted molar refractivity (Wildman–Crippen MR) is 133 cm³/mol. The Morgan fingerprint density at radius 2 is 2.03 bits per heavy atom. The summed E-state index contributed by atoms with van der Waals surface area (Å²) in [5.41, 5.74) is 2.85. The van der Waals surface area contributed by atoms with Gasteiger partial charge in [-0.3, -0.25) is 9.58 Å². The number of amides is 1. The lowest BCUT2D eigenvalue weighted by atomic mass is 9.78. The molecule has 2 aromatic rings. The fourth-order valence-corrected chi connectivity index (χ4v) is 6.10. The van der Waals surface area contributed by atoms with Gasteiger partial charge in [0, 0.05) is 69.5 Å². The fourth-order valence-electron chi connectivity index (χ4n) is 6.10. The van der Waals surface area contributed by atoms with Crippen molar-refractivity contribution in [2.45, 2.75) is 52.6 Å². The first-order valence-electron chi connectivity index (χ1n) is 13.0. The summed E-state index contributed by atoms with van der Waals surface area (Å²) in [5, 5.41) is 4.48. The van der Waals surface area contributed by atoms with Crippen LogP contribution in [0.4, 0.5) is 14.9 Å². The molecule has 2 aliphatic heterocycles. The number of piperazine rings is 1. The highest BCUT2D eigenvalue weighted by molar-refractivity contribution is 5.73. The summed E-state index contributed by atoms with van der Waals surface area (Å²) in [6, 6.07) is 4.14. The molecule has 5 rings (SSSR count). The van der Waals surface area contributed by atoms with E-state index in [9.17, 15) is 9.18 Å². The van der Waals surface area contributed by atoms with Gasteiger partial charge in [0.2, 0.25) is 0 Å². The molecule has 3 fully saturated rings. The molecule has 8 nitrogen and oxygen atoms in total. The Bertz CT molecular complexity index is 1040. The minimum absolute atomic E-state index is 0.176. The minimum Gasteiger partial charge on any atom is -0.450 e. The zero-order valence-electron chi connectivity index (χ0n) is 21.1. The average molecular weight is 485 g/mol. The average Bonchev–Trinajstić information content (AvgIpc) is 3.46. The third-order valence-corrected chi connectivity index (χ3v) is 7.76. The van der Waals surface area contributed by atoms with Crippen molar-refractivity contribution in [3.05, 3.63) is 30.3 Å². The number of rotatable bonds is 6. The van der Waals surface area contributed by atoms with Gasteiger partial charge in [0.25, 0.3) is 0 Å². The third-order valence-electron chi connectivity index (χ3n) is 7.76. The molecule has 35 heavy (non-hydrogen) atoms. The Hall–Kier alpha value is -2.68. The molecule has 190 valence electrons. The van der Waals surface area contributed by atoms with Gasteiger partial charge >= 0.3 is 6.09 Å². The van der Waals surface area contributed by atoms with Gasteiger partial charge in [-0.05, 0) is 38.2 Å². The number of hydrogen-bond acceptors (Lipinski definition) is 6. The topological polar surface area (TPSA) is 66.7 Å². The largest absolute Gasteiger partial charge is 0.450 e. The molecular formula is C26H37FN6O2. The smallest absolute Gasteiger partial charge is 0.409 e. The molecule has 9 heteroatoms. The SMILES string of the molecule is CCOC(=O)N1CC2(CC[C@@H](N3CCN(c4cc(F)cnc4-c4ccnn4CC(C)C)CC3)C2)C1. The molecule has 4 heterocycles. The summed E-state index contributed by atoms with van der Waals surface area (Å²) >= 11 is 0. The van der Waals surface area contributed by atoms with Crippen molar-refractivity contribution < 1.29 is 13.9 Å².